The number of aliphatic hydroxyl groups is 4. The quantitative estimate of drug-likeness (QED) is 0.188. The van der Waals surface area contributed by atoms with E-state index >= 15 is 0 Å². The van der Waals surface area contributed by atoms with Crippen LogP contribution in [-0.2, 0) is 26.5 Å². The molecule has 1 aromatic carbocycles. The summed E-state index contributed by atoms with van der Waals surface area (Å²) in [6.45, 7) is -0.443. The molecule has 1 rings (SSSR count). The summed E-state index contributed by atoms with van der Waals surface area (Å²) >= 11 is 0. The molecule has 0 heterocycles. The summed E-state index contributed by atoms with van der Waals surface area (Å²) in [6, 6.07) is 8.00. The Labute approximate surface area is 161 Å². The molecular weight excluding hydrogens is 422 g/mol. The van der Waals surface area contributed by atoms with Gasteiger partial charge in [0.05, 0.1) is 31.8 Å². The van der Waals surface area contributed by atoms with Gasteiger partial charge in [-0.25, -0.2) is 9.13 Å². The van der Waals surface area contributed by atoms with Gasteiger partial charge >= 0.3 is 15.6 Å². The largest absolute Gasteiger partial charge is 0.478 e. The first-order valence-corrected chi connectivity index (χ1v) is 10.6. The Morgan fingerprint density at radius 3 is 1.25 bits per heavy atom. The fraction of sp³-hybridized carbons (Fsp3) is 0.538. The van der Waals surface area contributed by atoms with E-state index in [1.807, 2.05) is 24.3 Å². The van der Waals surface area contributed by atoms with Crippen LogP contribution in [0.2, 0.25) is 0 Å². The fourth-order valence-electron chi connectivity index (χ4n) is 1.32. The Bertz CT molecular complexity index is 574. The average molecular weight is 450 g/mol. The maximum Gasteiger partial charge on any atom is 0.478 e. The Morgan fingerprint density at radius 1 is 0.786 bits per heavy atom. The van der Waals surface area contributed by atoms with Crippen molar-refractivity contribution in [2.45, 2.75) is 13.1 Å². The van der Waals surface area contributed by atoms with Gasteiger partial charge in [-0.1, -0.05) is 24.3 Å². The first kappa shape index (κ1) is 29.4. The highest BCUT2D eigenvalue weighted by Gasteiger charge is 2.28. The standard InChI is InChI=1S/C8H12N2.C5H12O4.H4O7P2/c9-5-7-2-1-3-8(4-7)6-10;6-1-5(2-7,3-8)4-9;1-8(2,3)7-9(4,5)6/h1-4H,5-6,9-10H2;6-9H,1-4H2;(H2,1,2,3)(H2,4,5,6). The van der Waals surface area contributed by atoms with Crippen molar-refractivity contribution in [2.24, 2.45) is 16.9 Å². The molecule has 0 unspecified atom stereocenters. The van der Waals surface area contributed by atoms with E-state index in [-0.39, 0.29) is 0 Å². The first-order chi connectivity index (χ1) is 12.8. The highest BCUT2D eigenvalue weighted by atomic mass is 31.3. The van der Waals surface area contributed by atoms with E-state index < -0.39 is 47.5 Å². The van der Waals surface area contributed by atoms with E-state index in [1.165, 1.54) is 0 Å². The van der Waals surface area contributed by atoms with E-state index in [1.54, 1.807) is 0 Å². The molecule has 0 spiro atoms. The molecule has 15 heteroatoms. The molecule has 0 saturated carbocycles. The van der Waals surface area contributed by atoms with Crippen molar-refractivity contribution in [3.05, 3.63) is 35.4 Å². The van der Waals surface area contributed by atoms with Crippen molar-refractivity contribution in [3.8, 4) is 0 Å². The molecule has 0 amide bonds. The second-order valence-corrected chi connectivity index (χ2v) is 8.04. The molecule has 0 fully saturated rings. The Hall–Kier alpha value is -0.760. The number of hydrogen-bond acceptors (Lipinski definition) is 9. The third kappa shape index (κ3) is 15.2. The third-order valence-corrected chi connectivity index (χ3v) is 4.72. The molecule has 0 bridgehead atoms. The van der Waals surface area contributed by atoms with Gasteiger partial charge in [0.1, 0.15) is 0 Å². The van der Waals surface area contributed by atoms with E-state index in [9.17, 15) is 9.13 Å². The number of phosphoric acid groups is 2. The zero-order chi connectivity index (χ0) is 22.4. The summed E-state index contributed by atoms with van der Waals surface area (Å²) in [4.78, 5) is 31.0. The predicted octanol–water partition coefficient (Wildman–Crippen LogP) is -2.27. The molecule has 1 aromatic rings. The molecule has 13 nitrogen and oxygen atoms in total. The smallest absolute Gasteiger partial charge is 0.396 e. The first-order valence-electron chi connectivity index (χ1n) is 7.55. The van der Waals surface area contributed by atoms with Crippen LogP contribution in [0.15, 0.2) is 24.3 Å². The minimum atomic E-state index is -5.05. The van der Waals surface area contributed by atoms with Gasteiger partial charge in [0.25, 0.3) is 0 Å². The average Bonchev–Trinajstić information content (AvgIpc) is 2.62. The normalized spacial score (nSPS) is 11.8. The van der Waals surface area contributed by atoms with Crippen LogP contribution in [0.25, 0.3) is 0 Å². The molecule has 0 aliphatic heterocycles. The summed E-state index contributed by atoms with van der Waals surface area (Å²) in [5, 5.41) is 34.0. The SMILES string of the molecule is NCc1cccc(CN)c1.O=P(O)(O)OP(=O)(O)O.OCC(CO)(CO)CO. The van der Waals surface area contributed by atoms with E-state index in [4.69, 9.17) is 51.5 Å². The maximum atomic E-state index is 9.63. The Balaban J connectivity index is 0. The van der Waals surface area contributed by atoms with Crippen molar-refractivity contribution < 1.29 is 53.4 Å². The molecule has 166 valence electrons. The number of benzene rings is 1. The molecule has 0 saturated heterocycles. The van der Waals surface area contributed by atoms with Gasteiger partial charge in [0.2, 0.25) is 0 Å². The molecule has 0 aromatic heterocycles. The minimum absolute atomic E-state index is 0.406. The molecule has 12 N–H and O–H groups in total. The van der Waals surface area contributed by atoms with Gasteiger partial charge in [-0.2, -0.15) is 4.31 Å². The highest BCUT2D eigenvalue weighted by Crippen LogP contribution is 2.53. The van der Waals surface area contributed by atoms with Crippen molar-refractivity contribution in [1.29, 1.82) is 0 Å². The van der Waals surface area contributed by atoms with Gasteiger partial charge in [-0.05, 0) is 11.1 Å². The molecule has 28 heavy (non-hydrogen) atoms. The van der Waals surface area contributed by atoms with Crippen LogP contribution in [0.5, 0.6) is 0 Å². The van der Waals surface area contributed by atoms with E-state index in [0.717, 1.165) is 11.1 Å². The summed E-state index contributed by atoms with van der Waals surface area (Å²) in [7, 11) is -10.1. The lowest BCUT2D eigenvalue weighted by Gasteiger charge is -2.23. The highest BCUT2D eigenvalue weighted by molar-refractivity contribution is 7.60. The van der Waals surface area contributed by atoms with Gasteiger partial charge in [-0.15, -0.1) is 0 Å². The van der Waals surface area contributed by atoms with Crippen LogP contribution >= 0.6 is 15.6 Å². The number of rotatable bonds is 8. The summed E-state index contributed by atoms with van der Waals surface area (Å²) in [5.74, 6) is 0. The van der Waals surface area contributed by atoms with Gasteiger partial charge in [-0.3, -0.25) is 0 Å². The monoisotopic (exact) mass is 450 g/mol. The molecule has 0 atom stereocenters. The van der Waals surface area contributed by atoms with Crippen molar-refractivity contribution in [2.75, 3.05) is 26.4 Å². The molecule has 0 aliphatic rings. The molecule has 0 radical (unpaired) electrons. The lowest BCUT2D eigenvalue weighted by molar-refractivity contribution is -0.0328. The molecule has 0 aliphatic carbocycles. The summed E-state index contributed by atoms with van der Waals surface area (Å²) < 4.78 is 22.2. The van der Waals surface area contributed by atoms with Crippen LogP contribution < -0.4 is 11.5 Å². The van der Waals surface area contributed by atoms with Crippen LogP contribution in [0.1, 0.15) is 11.1 Å². The van der Waals surface area contributed by atoms with Crippen molar-refractivity contribution in [3.63, 3.8) is 0 Å². The summed E-state index contributed by atoms with van der Waals surface area (Å²) in [5.41, 5.74) is 12.0. The zero-order valence-electron chi connectivity index (χ0n) is 14.9. The van der Waals surface area contributed by atoms with E-state index in [0.29, 0.717) is 13.1 Å². The van der Waals surface area contributed by atoms with Crippen molar-refractivity contribution in [1.82, 2.24) is 0 Å². The second-order valence-electron chi connectivity index (χ2n) is 5.42. The second kappa shape index (κ2) is 14.3. The number of hydrogen-bond donors (Lipinski definition) is 10. The molecular formula is C13H28N2O11P2. The number of nitrogens with two attached hydrogens (primary N) is 2. The lowest BCUT2D eigenvalue weighted by atomic mass is 9.93. The summed E-state index contributed by atoms with van der Waals surface area (Å²) in [6.07, 6.45) is 0. The van der Waals surface area contributed by atoms with Gasteiger partial charge in [0.15, 0.2) is 0 Å². The van der Waals surface area contributed by atoms with Gasteiger partial charge in [0, 0.05) is 13.1 Å². The third-order valence-electron chi connectivity index (χ3n) is 3.02. The Morgan fingerprint density at radius 2 is 1.11 bits per heavy atom. The Kier molecular flexibility index (Phi) is 15.0. The maximum absolute atomic E-state index is 9.63. The minimum Gasteiger partial charge on any atom is -0.396 e. The zero-order valence-corrected chi connectivity index (χ0v) is 16.7. The van der Waals surface area contributed by atoms with Crippen LogP contribution in [0.4, 0.5) is 0 Å². The topological polar surface area (TPSA) is 257 Å². The lowest BCUT2D eigenvalue weighted by Crippen LogP contribution is -2.37. The van der Waals surface area contributed by atoms with E-state index in [2.05, 4.69) is 4.31 Å². The van der Waals surface area contributed by atoms with Crippen LogP contribution in [0, 0.1) is 5.41 Å². The number of aliphatic hydroxyl groups excluding tert-OH is 4. The van der Waals surface area contributed by atoms with Gasteiger partial charge < -0.3 is 51.5 Å². The van der Waals surface area contributed by atoms with Crippen molar-refractivity contribution >= 4 is 15.6 Å². The fourth-order valence-corrected chi connectivity index (χ4v) is 2.43. The van der Waals surface area contributed by atoms with Crippen LogP contribution in [-0.4, -0.2) is 66.4 Å². The van der Waals surface area contributed by atoms with Crippen LogP contribution in [0.3, 0.4) is 0 Å². The predicted molar refractivity (Wildman–Crippen MR) is 98.2 cm³/mol.